The molecule has 10 rings (SSSR count). The van der Waals surface area contributed by atoms with Gasteiger partial charge in [-0.25, -0.2) is 8.42 Å². The minimum atomic E-state index is -3.70. The van der Waals surface area contributed by atoms with Crippen molar-refractivity contribution in [2.24, 2.45) is 0 Å². The fourth-order valence-corrected chi connectivity index (χ4v) is 9.87. The lowest BCUT2D eigenvalue weighted by atomic mass is 9.33. The predicted octanol–water partition coefficient (Wildman–Crippen LogP) is 5.72. The van der Waals surface area contributed by atoms with Gasteiger partial charge in [0.1, 0.15) is 5.65 Å². The molecular weight excluding hydrogens is 537 g/mol. The summed E-state index contributed by atoms with van der Waals surface area (Å²) in [4.78, 5) is 2.95. The Hall–Kier alpha value is -4.75. The highest BCUT2D eigenvalue weighted by Gasteiger charge is 2.48. The highest BCUT2D eigenvalue weighted by Crippen LogP contribution is 2.50. The Bertz CT molecular complexity index is 2540. The van der Waals surface area contributed by atoms with Crippen molar-refractivity contribution in [1.82, 2.24) is 8.97 Å². The molecule has 0 amide bonds. The first kappa shape index (κ1) is 22.9. The van der Waals surface area contributed by atoms with Gasteiger partial charge in [-0.3, -0.25) is 8.97 Å². The molecule has 0 N–H and O–H groups in total. The highest BCUT2D eigenvalue weighted by atomic mass is 32.2. The van der Waals surface area contributed by atoms with Crippen LogP contribution in [0.3, 0.4) is 0 Å². The molecule has 200 valence electrons. The number of sulfone groups is 1. The van der Waals surface area contributed by atoms with Crippen LogP contribution in [-0.4, -0.2) is 24.1 Å². The molecule has 0 aliphatic carbocycles. The first-order valence-electron chi connectivity index (χ1n) is 14.3. The molecule has 3 aliphatic heterocycles. The monoisotopic (exact) mass is 561 g/mol. The van der Waals surface area contributed by atoms with Crippen LogP contribution >= 0.6 is 0 Å². The van der Waals surface area contributed by atoms with Gasteiger partial charge in [0.25, 0.3) is 6.71 Å². The molecule has 5 aromatic carbocycles. The molecule has 42 heavy (non-hydrogen) atoms. The van der Waals surface area contributed by atoms with Crippen LogP contribution in [0.2, 0.25) is 0 Å². The average molecular weight is 561 g/mol. The van der Waals surface area contributed by atoms with Crippen molar-refractivity contribution in [2.45, 2.75) is 30.6 Å². The quantitative estimate of drug-likeness (QED) is 0.223. The van der Waals surface area contributed by atoms with Gasteiger partial charge in [-0.05, 0) is 102 Å². The SMILES string of the molecule is Cc1cc2c3c(c1)-n1c4ccccc4n4c5cc(C)cc(C)c5c(c14)B3c1cccc3c1N2c1ccccc1S3(=O)=O. The standard InChI is InChI=1S/C35H24BN3O2S/c1-19-15-21(3)31-26(16-19)38-23-10-4-5-11-24(23)39-28-18-20(2)17-27-32(28)36(33(31)35(38)39)22-9-8-14-30-34(22)37(27)25-12-6-7-13-29(25)42(30,40)41/h4-18H,1-3H3. The lowest BCUT2D eigenvalue weighted by Gasteiger charge is -2.43. The molecule has 2 aromatic heterocycles. The number of benzene rings is 5. The van der Waals surface area contributed by atoms with E-state index in [1.807, 2.05) is 24.3 Å². The molecule has 0 spiro atoms. The molecule has 0 atom stereocenters. The Morgan fingerprint density at radius 3 is 2.21 bits per heavy atom. The van der Waals surface area contributed by atoms with Crippen molar-refractivity contribution in [3.05, 3.63) is 108 Å². The largest absolute Gasteiger partial charge is 0.309 e. The topological polar surface area (TPSA) is 46.7 Å². The smallest absolute Gasteiger partial charge is 0.255 e. The van der Waals surface area contributed by atoms with Crippen LogP contribution in [0.5, 0.6) is 0 Å². The third-order valence-corrected chi connectivity index (χ3v) is 11.4. The molecule has 5 heterocycles. The maximum absolute atomic E-state index is 14.1. The van der Waals surface area contributed by atoms with Crippen LogP contribution in [0.4, 0.5) is 17.1 Å². The molecule has 0 radical (unpaired) electrons. The minimum Gasteiger partial charge on any atom is -0.309 e. The van der Waals surface area contributed by atoms with E-state index in [0.717, 1.165) is 28.1 Å². The maximum atomic E-state index is 14.1. The first-order chi connectivity index (χ1) is 20.4. The van der Waals surface area contributed by atoms with Crippen molar-refractivity contribution in [3.63, 3.8) is 0 Å². The van der Waals surface area contributed by atoms with Crippen molar-refractivity contribution >= 4 is 77.6 Å². The summed E-state index contributed by atoms with van der Waals surface area (Å²) < 4.78 is 33.1. The molecule has 0 saturated carbocycles. The van der Waals surface area contributed by atoms with Crippen LogP contribution in [-0.2, 0) is 9.84 Å². The molecule has 0 saturated heterocycles. The van der Waals surface area contributed by atoms with Gasteiger partial charge in [-0.15, -0.1) is 0 Å². The van der Waals surface area contributed by atoms with E-state index in [9.17, 15) is 8.42 Å². The number of para-hydroxylation sites is 4. The Kier molecular flexibility index (Phi) is 3.91. The fraction of sp³-hybridized carbons (Fsp3) is 0.0857. The normalized spacial score (nSPS) is 15.3. The van der Waals surface area contributed by atoms with Crippen molar-refractivity contribution < 1.29 is 8.42 Å². The molecule has 0 bridgehead atoms. The van der Waals surface area contributed by atoms with Gasteiger partial charge in [0.2, 0.25) is 9.84 Å². The Morgan fingerprint density at radius 1 is 0.643 bits per heavy atom. The van der Waals surface area contributed by atoms with E-state index in [-0.39, 0.29) is 6.71 Å². The second kappa shape index (κ2) is 7.17. The van der Waals surface area contributed by atoms with Gasteiger partial charge in [0.05, 0.1) is 37.7 Å². The van der Waals surface area contributed by atoms with Gasteiger partial charge in [-0.2, -0.15) is 0 Å². The molecule has 0 fully saturated rings. The summed E-state index contributed by atoms with van der Waals surface area (Å²) in [5.41, 5.74) is 15.5. The lowest BCUT2D eigenvalue weighted by molar-refractivity contribution is 0.595. The number of hydrogen-bond acceptors (Lipinski definition) is 3. The zero-order chi connectivity index (χ0) is 28.2. The number of nitrogens with zero attached hydrogens (tertiary/aromatic N) is 3. The average Bonchev–Trinajstić information content (AvgIpc) is 3.49. The summed E-state index contributed by atoms with van der Waals surface area (Å²) in [6, 6.07) is 31.1. The number of aromatic nitrogens is 2. The van der Waals surface area contributed by atoms with Crippen LogP contribution in [0.25, 0.3) is 33.3 Å². The van der Waals surface area contributed by atoms with E-state index in [4.69, 9.17) is 0 Å². The summed E-state index contributed by atoms with van der Waals surface area (Å²) in [6.07, 6.45) is 0. The Balaban J connectivity index is 1.49. The van der Waals surface area contributed by atoms with Gasteiger partial charge in [-0.1, -0.05) is 42.5 Å². The van der Waals surface area contributed by atoms with Crippen LogP contribution in [0.15, 0.2) is 101 Å². The van der Waals surface area contributed by atoms with Crippen molar-refractivity contribution in [3.8, 4) is 5.69 Å². The van der Waals surface area contributed by atoms with Gasteiger partial charge < -0.3 is 4.90 Å². The molecule has 7 aromatic rings. The van der Waals surface area contributed by atoms with Gasteiger partial charge in [0, 0.05) is 16.8 Å². The molecule has 0 unspecified atom stereocenters. The van der Waals surface area contributed by atoms with Crippen molar-refractivity contribution in [2.75, 3.05) is 4.90 Å². The Morgan fingerprint density at radius 2 is 1.36 bits per heavy atom. The van der Waals surface area contributed by atoms with E-state index < -0.39 is 9.84 Å². The highest BCUT2D eigenvalue weighted by molar-refractivity contribution is 7.92. The number of anilines is 3. The maximum Gasteiger partial charge on any atom is 0.255 e. The number of rotatable bonds is 0. The molecule has 7 heteroatoms. The minimum absolute atomic E-state index is 0.118. The van der Waals surface area contributed by atoms with E-state index >= 15 is 0 Å². The van der Waals surface area contributed by atoms with E-state index in [1.54, 1.807) is 12.1 Å². The molecule has 5 nitrogen and oxygen atoms in total. The molecular formula is C35H24BN3O2S. The van der Waals surface area contributed by atoms with E-state index in [0.29, 0.717) is 15.5 Å². The molecule has 3 aliphatic rings. The van der Waals surface area contributed by atoms with Gasteiger partial charge in [0.15, 0.2) is 0 Å². The zero-order valence-corrected chi connectivity index (χ0v) is 24.1. The fourth-order valence-electron chi connectivity index (χ4n) is 8.22. The summed E-state index contributed by atoms with van der Waals surface area (Å²) in [6.45, 7) is 6.39. The van der Waals surface area contributed by atoms with Crippen LogP contribution in [0, 0.1) is 20.8 Å². The lowest BCUT2D eigenvalue weighted by Crippen LogP contribution is -2.61. The number of hydrogen-bond donors (Lipinski definition) is 0. The third-order valence-electron chi connectivity index (χ3n) is 9.59. The predicted molar refractivity (Wildman–Crippen MR) is 171 cm³/mol. The van der Waals surface area contributed by atoms with E-state index in [1.165, 1.54) is 49.6 Å². The first-order valence-corrected chi connectivity index (χ1v) is 15.8. The number of imidazole rings is 1. The number of fused-ring (bicyclic) bond motifs is 12. The zero-order valence-electron chi connectivity index (χ0n) is 23.3. The second-order valence-corrected chi connectivity index (χ2v) is 13.9. The van der Waals surface area contributed by atoms with E-state index in [2.05, 4.69) is 89.2 Å². The summed E-state index contributed by atoms with van der Waals surface area (Å²) >= 11 is 0. The van der Waals surface area contributed by atoms with Gasteiger partial charge >= 0.3 is 0 Å². The summed E-state index contributed by atoms with van der Waals surface area (Å²) in [7, 11) is -3.70. The Labute approximate surface area is 243 Å². The number of aryl methyl sites for hydroxylation is 3. The van der Waals surface area contributed by atoms with Crippen LogP contribution in [0.1, 0.15) is 16.7 Å². The summed E-state index contributed by atoms with van der Waals surface area (Å²) in [5.74, 6) is 0. The van der Waals surface area contributed by atoms with Crippen molar-refractivity contribution in [1.29, 1.82) is 0 Å². The summed E-state index contributed by atoms with van der Waals surface area (Å²) in [5, 5.41) is 1.25. The van der Waals surface area contributed by atoms with Crippen LogP contribution < -0.4 is 21.3 Å². The third kappa shape index (κ3) is 2.40. The second-order valence-electron chi connectivity index (χ2n) is 12.0.